The average molecular weight is 448 g/mol. The Labute approximate surface area is 180 Å². The number of carbonyl (C=O) groups excluding carboxylic acids is 1. The molecule has 0 spiro atoms. The zero-order valence-electron chi connectivity index (χ0n) is 16.8. The molecule has 32 heavy (non-hydrogen) atoms. The third-order valence-electron chi connectivity index (χ3n) is 4.16. The highest BCUT2D eigenvalue weighted by molar-refractivity contribution is 6.02. The van der Waals surface area contributed by atoms with Gasteiger partial charge in [-0.05, 0) is 29.8 Å². The van der Waals surface area contributed by atoms with Crippen molar-refractivity contribution in [3.63, 3.8) is 0 Å². The lowest BCUT2D eigenvalue weighted by atomic mass is 10.1. The average Bonchev–Trinajstić information content (AvgIpc) is 3.25. The molecule has 1 heterocycles. The van der Waals surface area contributed by atoms with Crippen molar-refractivity contribution in [1.82, 2.24) is 15.1 Å². The summed E-state index contributed by atoms with van der Waals surface area (Å²) in [4.78, 5) is 15.5. The quantitative estimate of drug-likeness (QED) is 0.286. The molecule has 2 aromatic carbocycles. The van der Waals surface area contributed by atoms with Crippen LogP contribution in [0.3, 0.4) is 0 Å². The number of nitrogens with two attached hydrogens (primary N) is 2. The predicted octanol–water partition coefficient (Wildman–Crippen LogP) is 2.88. The summed E-state index contributed by atoms with van der Waals surface area (Å²) < 4.78 is 47.0. The highest BCUT2D eigenvalue weighted by Crippen LogP contribution is 2.29. The maximum absolute atomic E-state index is 12.6. The van der Waals surface area contributed by atoms with Gasteiger partial charge >= 0.3 is 12.1 Å². The smallest absolute Gasteiger partial charge is 0.471 e. The molecule has 12 heteroatoms. The van der Waals surface area contributed by atoms with Gasteiger partial charge in [0, 0.05) is 17.5 Å². The van der Waals surface area contributed by atoms with Crippen molar-refractivity contribution in [2.75, 3.05) is 12.4 Å². The van der Waals surface area contributed by atoms with Crippen LogP contribution < -0.4 is 21.6 Å². The third kappa shape index (κ3) is 5.76. The highest BCUT2D eigenvalue weighted by Gasteiger charge is 2.38. The minimum absolute atomic E-state index is 0.119. The van der Waals surface area contributed by atoms with Crippen LogP contribution in [0.4, 0.5) is 18.9 Å². The summed E-state index contributed by atoms with van der Waals surface area (Å²) in [5, 5.41) is 7.16. The van der Waals surface area contributed by atoms with Gasteiger partial charge in [0.25, 0.3) is 5.91 Å². The van der Waals surface area contributed by atoms with Crippen LogP contribution in [-0.4, -0.2) is 28.2 Å². The van der Waals surface area contributed by atoms with E-state index < -0.39 is 18.0 Å². The Balaban J connectivity index is 1.59. The number of ether oxygens (including phenoxy) is 1. The summed E-state index contributed by atoms with van der Waals surface area (Å²) in [6.07, 6.45) is -3.45. The number of aromatic nitrogens is 2. The van der Waals surface area contributed by atoms with Gasteiger partial charge in [-0.3, -0.25) is 4.79 Å². The fourth-order valence-corrected chi connectivity index (χ4v) is 2.59. The summed E-state index contributed by atoms with van der Waals surface area (Å²) in [5.74, 6) is 4.39. The van der Waals surface area contributed by atoms with Crippen LogP contribution in [0.2, 0.25) is 0 Å². The van der Waals surface area contributed by atoms with Crippen LogP contribution in [0.25, 0.3) is 11.4 Å². The van der Waals surface area contributed by atoms with Crippen molar-refractivity contribution >= 4 is 11.6 Å². The second-order valence-electron chi connectivity index (χ2n) is 6.56. The van der Waals surface area contributed by atoms with Crippen LogP contribution in [0.5, 0.6) is 5.75 Å². The van der Waals surface area contributed by atoms with Crippen LogP contribution >= 0.6 is 0 Å². The molecule has 0 aliphatic heterocycles. The molecule has 3 aromatic rings. The fourth-order valence-electron chi connectivity index (χ4n) is 2.59. The number of hydrazine groups is 1. The molecule has 0 bridgehead atoms. The molecule has 9 nitrogen and oxygen atoms in total. The zero-order valence-corrected chi connectivity index (χ0v) is 16.8. The van der Waals surface area contributed by atoms with Crippen LogP contribution in [0, 0.1) is 0 Å². The van der Waals surface area contributed by atoms with Gasteiger partial charge in [-0.1, -0.05) is 29.4 Å². The van der Waals surface area contributed by atoms with Crippen molar-refractivity contribution in [2.24, 2.45) is 11.6 Å². The molecule has 168 valence electrons. The number of hydrogen-bond donors (Lipinski definition) is 3. The second-order valence-corrected chi connectivity index (χ2v) is 6.56. The van der Waals surface area contributed by atoms with Crippen molar-refractivity contribution < 1.29 is 27.2 Å². The van der Waals surface area contributed by atoms with E-state index in [-0.39, 0.29) is 18.1 Å². The predicted molar refractivity (Wildman–Crippen MR) is 108 cm³/mol. The number of methoxy groups -OCH3 is 1. The first-order valence-electron chi connectivity index (χ1n) is 9.10. The minimum atomic E-state index is -4.71. The standard InChI is InChI=1S/C20H19F3N6O3/c1-31-15-8-6-14(7-9-15)26-18(30)16(24)11-29(25)10-12-2-4-13(5-3-12)17-27-19(32-28-17)20(21,22)23/h2-9,11H,10,24-25H2,1H3,(H,26,30)/b16-11-. The van der Waals surface area contributed by atoms with E-state index in [0.717, 1.165) is 0 Å². The van der Waals surface area contributed by atoms with E-state index in [9.17, 15) is 18.0 Å². The molecular formula is C20H19F3N6O3. The Bertz CT molecular complexity index is 1100. The van der Waals surface area contributed by atoms with Crippen molar-refractivity contribution in [3.05, 3.63) is 71.9 Å². The van der Waals surface area contributed by atoms with E-state index in [1.165, 1.54) is 30.5 Å². The van der Waals surface area contributed by atoms with Crippen LogP contribution in [0.15, 0.2) is 65.0 Å². The van der Waals surface area contributed by atoms with Gasteiger partial charge in [-0.15, -0.1) is 0 Å². The Morgan fingerprint density at radius 2 is 1.84 bits per heavy atom. The number of alkyl halides is 3. The monoisotopic (exact) mass is 448 g/mol. The molecule has 0 unspecified atom stereocenters. The number of carbonyl (C=O) groups is 1. The number of hydrogen-bond acceptors (Lipinski definition) is 8. The summed E-state index contributed by atoms with van der Waals surface area (Å²) in [5.41, 5.74) is 7.25. The van der Waals surface area contributed by atoms with Gasteiger partial charge in [0.1, 0.15) is 11.4 Å². The Morgan fingerprint density at radius 3 is 2.41 bits per heavy atom. The van der Waals surface area contributed by atoms with Crippen molar-refractivity contribution in [1.29, 1.82) is 0 Å². The first kappa shape index (κ1) is 22.6. The molecule has 0 saturated carbocycles. The maximum atomic E-state index is 12.6. The van der Waals surface area contributed by atoms with E-state index in [2.05, 4.69) is 20.0 Å². The molecule has 0 fully saturated rings. The highest BCUT2D eigenvalue weighted by atomic mass is 19.4. The van der Waals surface area contributed by atoms with E-state index in [1.54, 1.807) is 36.4 Å². The SMILES string of the molecule is COc1ccc(NC(=O)/C(N)=C/N(N)Cc2ccc(-c3noc(C(F)(F)F)n3)cc2)cc1. The fraction of sp³-hybridized carbons (Fsp3) is 0.150. The molecule has 1 aromatic heterocycles. The summed E-state index contributed by atoms with van der Waals surface area (Å²) in [6, 6.07) is 13.0. The molecule has 0 aliphatic carbocycles. The van der Waals surface area contributed by atoms with Gasteiger partial charge in [-0.25, -0.2) is 5.84 Å². The lowest BCUT2D eigenvalue weighted by molar-refractivity contribution is -0.159. The molecule has 3 rings (SSSR count). The van der Waals surface area contributed by atoms with E-state index in [4.69, 9.17) is 16.3 Å². The van der Waals surface area contributed by atoms with Gasteiger partial charge in [0.2, 0.25) is 5.82 Å². The number of nitrogens with zero attached hydrogens (tertiary/aromatic N) is 3. The minimum Gasteiger partial charge on any atom is -0.497 e. The first-order chi connectivity index (χ1) is 15.2. The number of halogens is 3. The van der Waals surface area contributed by atoms with Crippen LogP contribution in [-0.2, 0) is 17.5 Å². The number of benzene rings is 2. The van der Waals surface area contributed by atoms with Gasteiger partial charge < -0.3 is 25.3 Å². The Kier molecular flexibility index (Phi) is 6.64. The summed E-state index contributed by atoms with van der Waals surface area (Å²) >= 11 is 0. The van der Waals surface area contributed by atoms with Gasteiger partial charge in [-0.2, -0.15) is 18.2 Å². The number of nitrogens with one attached hydrogen (secondary N) is 1. The Morgan fingerprint density at radius 1 is 1.19 bits per heavy atom. The lowest BCUT2D eigenvalue weighted by Crippen LogP contribution is -2.29. The zero-order chi connectivity index (χ0) is 23.3. The number of anilines is 1. The van der Waals surface area contributed by atoms with E-state index in [1.807, 2.05) is 0 Å². The van der Waals surface area contributed by atoms with Crippen LogP contribution in [0.1, 0.15) is 11.5 Å². The maximum Gasteiger partial charge on any atom is 0.471 e. The molecule has 0 radical (unpaired) electrons. The second kappa shape index (κ2) is 9.39. The normalized spacial score (nSPS) is 11.8. The van der Waals surface area contributed by atoms with Gasteiger partial charge in [0.15, 0.2) is 0 Å². The van der Waals surface area contributed by atoms with Crippen molar-refractivity contribution in [3.8, 4) is 17.1 Å². The van der Waals surface area contributed by atoms with E-state index >= 15 is 0 Å². The molecule has 0 aliphatic rings. The largest absolute Gasteiger partial charge is 0.497 e. The molecule has 0 saturated heterocycles. The number of rotatable bonds is 7. The number of amides is 1. The van der Waals surface area contributed by atoms with E-state index in [0.29, 0.717) is 22.6 Å². The van der Waals surface area contributed by atoms with Crippen molar-refractivity contribution in [2.45, 2.75) is 12.7 Å². The Hall–Kier alpha value is -4.06. The molecular weight excluding hydrogens is 429 g/mol. The third-order valence-corrected chi connectivity index (χ3v) is 4.16. The van der Waals surface area contributed by atoms with Gasteiger partial charge in [0.05, 0.1) is 13.7 Å². The summed E-state index contributed by atoms with van der Waals surface area (Å²) in [6.45, 7) is 0.177. The topological polar surface area (TPSA) is 133 Å². The molecule has 0 atom stereocenters. The summed E-state index contributed by atoms with van der Waals surface area (Å²) in [7, 11) is 1.53. The lowest BCUT2D eigenvalue weighted by Gasteiger charge is -2.15. The first-order valence-corrected chi connectivity index (χ1v) is 9.10. The molecule has 5 N–H and O–H groups in total. The molecule has 1 amide bonds.